The van der Waals surface area contributed by atoms with E-state index >= 15 is 0 Å². The lowest BCUT2D eigenvalue weighted by atomic mass is 9.99. The monoisotopic (exact) mass is 362 g/mol. The fourth-order valence-electron chi connectivity index (χ4n) is 2.90. The molecule has 0 amide bonds. The molecule has 1 fully saturated rings. The standard InChI is InChI=1S/C18H34O7/c1-2-3-4-5-6-7-8-9-10-11-14(19)24-12-13-15(20)16(21)17(22)18(23)25-13/h13,15-18,20-23H,2-12H2,1H3/t13-,15-,16+,17-,18-/m1/s1. The number of hydrogen-bond donors (Lipinski definition) is 4. The Bertz CT molecular complexity index is 363. The number of carbonyl (C=O) groups is 1. The van der Waals surface area contributed by atoms with Crippen LogP contribution in [0.15, 0.2) is 0 Å². The highest BCUT2D eigenvalue weighted by molar-refractivity contribution is 5.69. The van der Waals surface area contributed by atoms with E-state index in [-0.39, 0.29) is 6.61 Å². The lowest BCUT2D eigenvalue weighted by Gasteiger charge is -2.37. The zero-order valence-electron chi connectivity index (χ0n) is 15.2. The predicted molar refractivity (Wildman–Crippen MR) is 91.7 cm³/mol. The van der Waals surface area contributed by atoms with Crippen LogP contribution >= 0.6 is 0 Å². The average molecular weight is 362 g/mol. The van der Waals surface area contributed by atoms with E-state index in [0.29, 0.717) is 6.42 Å². The highest BCUT2D eigenvalue weighted by atomic mass is 16.6. The third-order valence-corrected chi connectivity index (χ3v) is 4.58. The molecule has 1 heterocycles. The molecule has 0 aliphatic carbocycles. The van der Waals surface area contributed by atoms with Crippen molar-refractivity contribution in [1.29, 1.82) is 0 Å². The molecule has 4 N–H and O–H groups in total. The molecule has 0 bridgehead atoms. The molecule has 0 radical (unpaired) electrons. The molecule has 0 spiro atoms. The summed E-state index contributed by atoms with van der Waals surface area (Å²) < 4.78 is 9.98. The van der Waals surface area contributed by atoms with Gasteiger partial charge in [0.2, 0.25) is 0 Å². The van der Waals surface area contributed by atoms with Crippen LogP contribution in [0.3, 0.4) is 0 Å². The molecule has 0 aromatic heterocycles. The van der Waals surface area contributed by atoms with Crippen LogP contribution < -0.4 is 0 Å². The Morgan fingerprint density at radius 1 is 0.840 bits per heavy atom. The highest BCUT2D eigenvalue weighted by Crippen LogP contribution is 2.20. The van der Waals surface area contributed by atoms with Crippen LogP contribution in [0.1, 0.15) is 71.1 Å². The van der Waals surface area contributed by atoms with Gasteiger partial charge in [-0.05, 0) is 6.42 Å². The van der Waals surface area contributed by atoms with Gasteiger partial charge < -0.3 is 29.9 Å². The number of aliphatic hydroxyl groups excluding tert-OH is 4. The largest absolute Gasteiger partial charge is 0.463 e. The SMILES string of the molecule is CCCCCCCCCCCC(=O)OC[C@H]1O[C@@H](O)[C@H](O)[C@@H](O)[C@@H]1O. The van der Waals surface area contributed by atoms with Crippen molar-refractivity contribution in [1.82, 2.24) is 0 Å². The lowest BCUT2D eigenvalue weighted by Crippen LogP contribution is -2.58. The summed E-state index contributed by atoms with van der Waals surface area (Å²) in [6.07, 6.45) is 3.53. The number of rotatable bonds is 12. The van der Waals surface area contributed by atoms with Gasteiger partial charge in [0.25, 0.3) is 0 Å². The molecule has 5 atom stereocenters. The Hall–Kier alpha value is -0.730. The first-order chi connectivity index (χ1) is 12.0. The van der Waals surface area contributed by atoms with Crippen molar-refractivity contribution in [3.8, 4) is 0 Å². The molecule has 0 aromatic carbocycles. The topological polar surface area (TPSA) is 116 Å². The lowest BCUT2D eigenvalue weighted by molar-refractivity contribution is -0.287. The Morgan fingerprint density at radius 2 is 1.40 bits per heavy atom. The van der Waals surface area contributed by atoms with E-state index < -0.39 is 36.7 Å². The summed E-state index contributed by atoms with van der Waals surface area (Å²) >= 11 is 0. The van der Waals surface area contributed by atoms with Crippen molar-refractivity contribution in [2.24, 2.45) is 0 Å². The van der Waals surface area contributed by atoms with Gasteiger partial charge in [-0.25, -0.2) is 0 Å². The number of esters is 1. The quantitative estimate of drug-likeness (QED) is 0.305. The van der Waals surface area contributed by atoms with E-state index in [9.17, 15) is 25.2 Å². The van der Waals surface area contributed by atoms with Crippen molar-refractivity contribution < 1.29 is 34.7 Å². The fourth-order valence-corrected chi connectivity index (χ4v) is 2.90. The number of carbonyl (C=O) groups excluding carboxylic acids is 1. The molecule has 148 valence electrons. The first-order valence-corrected chi connectivity index (χ1v) is 9.50. The van der Waals surface area contributed by atoms with Crippen molar-refractivity contribution in [3.05, 3.63) is 0 Å². The predicted octanol–water partition coefficient (Wildman–Crippen LogP) is 1.25. The summed E-state index contributed by atoms with van der Waals surface area (Å²) in [7, 11) is 0. The van der Waals surface area contributed by atoms with Crippen LogP contribution in [0.25, 0.3) is 0 Å². The summed E-state index contributed by atoms with van der Waals surface area (Å²) in [5.74, 6) is -0.395. The number of aliphatic hydroxyl groups is 4. The summed E-state index contributed by atoms with van der Waals surface area (Å²) in [4.78, 5) is 11.7. The Kier molecular flexibility index (Phi) is 11.2. The van der Waals surface area contributed by atoms with E-state index in [1.807, 2.05) is 0 Å². The van der Waals surface area contributed by atoms with Crippen LogP contribution in [-0.4, -0.2) is 63.7 Å². The van der Waals surface area contributed by atoms with Gasteiger partial charge in [-0.3, -0.25) is 4.79 Å². The first-order valence-electron chi connectivity index (χ1n) is 9.50. The van der Waals surface area contributed by atoms with Gasteiger partial charge in [0.1, 0.15) is 31.0 Å². The van der Waals surface area contributed by atoms with E-state index in [4.69, 9.17) is 9.47 Å². The number of ether oxygens (including phenoxy) is 2. The molecule has 25 heavy (non-hydrogen) atoms. The summed E-state index contributed by atoms with van der Waals surface area (Å²) in [5.41, 5.74) is 0. The van der Waals surface area contributed by atoms with Gasteiger partial charge in [0.15, 0.2) is 6.29 Å². The molecular formula is C18H34O7. The molecule has 1 aliphatic heterocycles. The molecule has 0 saturated carbocycles. The van der Waals surface area contributed by atoms with Crippen LogP contribution in [-0.2, 0) is 14.3 Å². The van der Waals surface area contributed by atoms with Gasteiger partial charge in [-0.2, -0.15) is 0 Å². The van der Waals surface area contributed by atoms with Gasteiger partial charge >= 0.3 is 5.97 Å². The summed E-state index contributed by atoms with van der Waals surface area (Å²) in [6, 6.07) is 0. The van der Waals surface area contributed by atoms with Crippen molar-refractivity contribution >= 4 is 5.97 Å². The maximum absolute atomic E-state index is 11.7. The van der Waals surface area contributed by atoms with Crippen molar-refractivity contribution in [3.63, 3.8) is 0 Å². The Balaban J connectivity index is 2.05. The average Bonchev–Trinajstić information content (AvgIpc) is 2.60. The maximum Gasteiger partial charge on any atom is 0.305 e. The van der Waals surface area contributed by atoms with Crippen LogP contribution in [0, 0.1) is 0 Å². The van der Waals surface area contributed by atoms with Gasteiger partial charge in [-0.1, -0.05) is 58.3 Å². The second-order valence-electron chi connectivity index (χ2n) is 6.80. The number of hydrogen-bond acceptors (Lipinski definition) is 7. The van der Waals surface area contributed by atoms with E-state index in [0.717, 1.165) is 19.3 Å². The number of unbranched alkanes of at least 4 members (excludes halogenated alkanes) is 8. The molecule has 0 aromatic rings. The van der Waals surface area contributed by atoms with Gasteiger partial charge in [0, 0.05) is 6.42 Å². The van der Waals surface area contributed by atoms with Crippen molar-refractivity contribution in [2.75, 3.05) is 6.61 Å². The van der Waals surface area contributed by atoms with E-state index in [1.165, 1.54) is 38.5 Å². The third kappa shape index (κ3) is 8.46. The Morgan fingerprint density at radius 3 is 2.00 bits per heavy atom. The highest BCUT2D eigenvalue weighted by Gasteiger charge is 2.43. The smallest absolute Gasteiger partial charge is 0.305 e. The van der Waals surface area contributed by atoms with E-state index in [1.54, 1.807) is 0 Å². The van der Waals surface area contributed by atoms with E-state index in [2.05, 4.69) is 6.92 Å². The second kappa shape index (κ2) is 12.6. The Labute approximate surface area is 150 Å². The molecule has 7 heteroatoms. The molecular weight excluding hydrogens is 328 g/mol. The first kappa shape index (κ1) is 22.3. The molecule has 1 aliphatic rings. The summed E-state index contributed by atoms with van der Waals surface area (Å²) in [6.45, 7) is 1.94. The zero-order chi connectivity index (χ0) is 18.7. The van der Waals surface area contributed by atoms with Crippen molar-refractivity contribution in [2.45, 2.75) is 102 Å². The molecule has 1 saturated heterocycles. The minimum Gasteiger partial charge on any atom is -0.463 e. The maximum atomic E-state index is 11.7. The van der Waals surface area contributed by atoms with Gasteiger partial charge in [0.05, 0.1) is 0 Å². The van der Waals surface area contributed by atoms with Crippen LogP contribution in [0.4, 0.5) is 0 Å². The minimum atomic E-state index is -1.61. The third-order valence-electron chi connectivity index (χ3n) is 4.58. The molecule has 1 rings (SSSR count). The molecule has 0 unspecified atom stereocenters. The zero-order valence-corrected chi connectivity index (χ0v) is 15.2. The fraction of sp³-hybridized carbons (Fsp3) is 0.944. The van der Waals surface area contributed by atoms with Gasteiger partial charge in [-0.15, -0.1) is 0 Å². The second-order valence-corrected chi connectivity index (χ2v) is 6.80. The van der Waals surface area contributed by atoms with Crippen LogP contribution in [0.2, 0.25) is 0 Å². The minimum absolute atomic E-state index is 0.266. The van der Waals surface area contributed by atoms with Crippen LogP contribution in [0.5, 0.6) is 0 Å². The summed E-state index contributed by atoms with van der Waals surface area (Å²) in [5, 5.41) is 38.1. The normalized spacial score (nSPS) is 29.6. The molecule has 7 nitrogen and oxygen atoms in total.